The summed E-state index contributed by atoms with van der Waals surface area (Å²) in [6.45, 7) is -3.03. The molecule has 0 spiro atoms. The third kappa shape index (κ3) is 2.09. The van der Waals surface area contributed by atoms with Gasteiger partial charge in [0.25, 0.3) is 6.43 Å². The maximum atomic E-state index is 12.1. The van der Waals surface area contributed by atoms with E-state index < -0.39 is 18.7 Å². The standard InChI is InChI=1S/C5H4ClF4N3/c6-1-2-3(4(7)8)12-13(11-2)5(9)10/h4-5H,1H2. The number of alkyl halides is 5. The van der Waals surface area contributed by atoms with Gasteiger partial charge in [0.1, 0.15) is 5.69 Å². The zero-order chi connectivity index (χ0) is 10.0. The van der Waals surface area contributed by atoms with E-state index >= 15 is 0 Å². The van der Waals surface area contributed by atoms with E-state index in [9.17, 15) is 17.6 Å². The van der Waals surface area contributed by atoms with Gasteiger partial charge >= 0.3 is 6.55 Å². The molecule has 0 aliphatic carbocycles. The van der Waals surface area contributed by atoms with Gasteiger partial charge in [-0.15, -0.1) is 21.5 Å². The van der Waals surface area contributed by atoms with Gasteiger partial charge in [-0.1, -0.05) is 0 Å². The molecule has 1 aromatic heterocycles. The van der Waals surface area contributed by atoms with Gasteiger partial charge in [0.2, 0.25) is 0 Å². The first-order chi connectivity index (χ1) is 6.06. The van der Waals surface area contributed by atoms with Crippen LogP contribution in [0, 0.1) is 0 Å². The molecule has 0 amide bonds. The van der Waals surface area contributed by atoms with Gasteiger partial charge in [-0.3, -0.25) is 0 Å². The molecule has 0 atom stereocenters. The topological polar surface area (TPSA) is 30.7 Å². The summed E-state index contributed by atoms with van der Waals surface area (Å²) < 4.78 is 48.0. The second-order valence-corrected chi connectivity index (χ2v) is 2.33. The third-order valence-corrected chi connectivity index (χ3v) is 1.49. The van der Waals surface area contributed by atoms with Crippen molar-refractivity contribution in [2.45, 2.75) is 18.9 Å². The molecule has 0 saturated carbocycles. The largest absolute Gasteiger partial charge is 0.348 e. The van der Waals surface area contributed by atoms with E-state index in [-0.39, 0.29) is 16.4 Å². The molecule has 8 heteroatoms. The molecule has 1 rings (SSSR count). The highest BCUT2D eigenvalue weighted by Gasteiger charge is 2.21. The molecule has 0 aliphatic heterocycles. The van der Waals surface area contributed by atoms with Crippen LogP contribution in [0.25, 0.3) is 0 Å². The lowest BCUT2D eigenvalue weighted by atomic mass is 10.4. The normalized spacial score (nSPS) is 11.6. The third-order valence-electron chi connectivity index (χ3n) is 1.24. The zero-order valence-electron chi connectivity index (χ0n) is 6.09. The van der Waals surface area contributed by atoms with Crippen LogP contribution in [-0.2, 0) is 5.88 Å². The first kappa shape index (κ1) is 10.2. The van der Waals surface area contributed by atoms with Gasteiger partial charge in [-0.05, 0) is 0 Å². The minimum absolute atomic E-state index is 0.0841. The van der Waals surface area contributed by atoms with Crippen molar-refractivity contribution in [3.8, 4) is 0 Å². The van der Waals surface area contributed by atoms with Crippen molar-refractivity contribution in [1.29, 1.82) is 0 Å². The van der Waals surface area contributed by atoms with E-state index in [0.717, 1.165) is 0 Å². The van der Waals surface area contributed by atoms with Crippen LogP contribution in [-0.4, -0.2) is 15.0 Å². The SMILES string of the molecule is FC(F)c1nn(C(F)F)nc1CCl. The van der Waals surface area contributed by atoms with E-state index in [0.29, 0.717) is 0 Å². The maximum absolute atomic E-state index is 12.1. The summed E-state index contributed by atoms with van der Waals surface area (Å²) in [4.78, 5) is -0.0841. The molecule has 1 aromatic rings. The molecule has 0 aliphatic rings. The van der Waals surface area contributed by atoms with Crippen molar-refractivity contribution in [3.05, 3.63) is 11.4 Å². The first-order valence-electron chi connectivity index (χ1n) is 3.14. The van der Waals surface area contributed by atoms with Crippen LogP contribution in [0.3, 0.4) is 0 Å². The molecule has 1 heterocycles. The number of rotatable bonds is 3. The van der Waals surface area contributed by atoms with Crippen molar-refractivity contribution < 1.29 is 17.6 Å². The van der Waals surface area contributed by atoms with E-state index in [4.69, 9.17) is 11.6 Å². The Morgan fingerprint density at radius 2 is 1.85 bits per heavy atom. The van der Waals surface area contributed by atoms with E-state index in [1.165, 1.54) is 0 Å². The summed E-state index contributed by atoms with van der Waals surface area (Å²) in [5, 5.41) is 5.99. The fourth-order valence-electron chi connectivity index (χ4n) is 0.717. The minimum Gasteiger partial charge on any atom is -0.203 e. The summed E-state index contributed by atoms with van der Waals surface area (Å²) >= 11 is 5.20. The van der Waals surface area contributed by atoms with Crippen molar-refractivity contribution in [2.75, 3.05) is 0 Å². The Morgan fingerprint density at radius 1 is 1.23 bits per heavy atom. The molecular formula is C5H4ClF4N3. The second kappa shape index (κ2) is 3.91. The average molecular weight is 218 g/mol. The van der Waals surface area contributed by atoms with E-state index in [1.807, 2.05) is 0 Å². The summed E-state index contributed by atoms with van der Waals surface area (Å²) in [6, 6.07) is 0. The van der Waals surface area contributed by atoms with Gasteiger partial charge < -0.3 is 0 Å². The summed E-state index contributed by atoms with van der Waals surface area (Å²) in [5.41, 5.74) is -1.12. The van der Waals surface area contributed by atoms with E-state index in [1.54, 1.807) is 0 Å². The molecule has 0 bridgehead atoms. The number of hydrogen-bond acceptors (Lipinski definition) is 2. The molecule has 13 heavy (non-hydrogen) atoms. The molecule has 0 radical (unpaired) electrons. The fourth-order valence-corrected chi connectivity index (χ4v) is 0.908. The van der Waals surface area contributed by atoms with Gasteiger partial charge in [-0.25, -0.2) is 8.78 Å². The highest BCUT2D eigenvalue weighted by molar-refractivity contribution is 6.16. The van der Waals surface area contributed by atoms with Gasteiger partial charge in [-0.2, -0.15) is 13.9 Å². The molecule has 74 valence electrons. The summed E-state index contributed by atoms with van der Waals surface area (Å²) in [6.07, 6.45) is -2.94. The van der Waals surface area contributed by atoms with E-state index in [2.05, 4.69) is 10.2 Å². The van der Waals surface area contributed by atoms with Crippen LogP contribution < -0.4 is 0 Å². The zero-order valence-corrected chi connectivity index (χ0v) is 6.85. The van der Waals surface area contributed by atoms with Gasteiger partial charge in [0.05, 0.1) is 5.88 Å². The smallest absolute Gasteiger partial charge is 0.203 e. The lowest BCUT2D eigenvalue weighted by Crippen LogP contribution is -2.02. The van der Waals surface area contributed by atoms with Gasteiger partial charge in [0, 0.05) is 0 Å². The lowest BCUT2D eigenvalue weighted by molar-refractivity contribution is 0.0390. The molecule has 3 nitrogen and oxygen atoms in total. The maximum Gasteiger partial charge on any atom is 0.348 e. The predicted octanol–water partition coefficient (Wildman–Crippen LogP) is 2.35. The minimum atomic E-state index is -3.03. The first-order valence-corrected chi connectivity index (χ1v) is 3.67. The molecule has 0 aromatic carbocycles. The van der Waals surface area contributed by atoms with Crippen LogP contribution in [0.2, 0.25) is 0 Å². The van der Waals surface area contributed by atoms with Crippen molar-refractivity contribution >= 4 is 11.6 Å². The molecular weight excluding hydrogens is 214 g/mol. The van der Waals surface area contributed by atoms with Crippen molar-refractivity contribution in [1.82, 2.24) is 15.0 Å². The Hall–Kier alpha value is -0.850. The Morgan fingerprint density at radius 3 is 2.15 bits per heavy atom. The molecule has 0 fully saturated rings. The predicted molar refractivity (Wildman–Crippen MR) is 35.8 cm³/mol. The number of hydrogen-bond donors (Lipinski definition) is 0. The van der Waals surface area contributed by atoms with Crippen LogP contribution >= 0.6 is 11.6 Å². The highest BCUT2D eigenvalue weighted by Crippen LogP contribution is 2.22. The Kier molecular flexibility index (Phi) is 3.07. The van der Waals surface area contributed by atoms with Crippen LogP contribution in [0.1, 0.15) is 24.4 Å². The number of aromatic nitrogens is 3. The Bertz CT molecular complexity index is 287. The Labute approximate surface area is 75.3 Å². The Balaban J connectivity index is 3.04. The monoisotopic (exact) mass is 217 g/mol. The van der Waals surface area contributed by atoms with Crippen molar-refractivity contribution in [2.24, 2.45) is 0 Å². The van der Waals surface area contributed by atoms with Crippen LogP contribution in [0.4, 0.5) is 17.6 Å². The van der Waals surface area contributed by atoms with Crippen molar-refractivity contribution in [3.63, 3.8) is 0 Å². The highest BCUT2D eigenvalue weighted by atomic mass is 35.5. The summed E-state index contributed by atoms with van der Waals surface area (Å²) in [5.74, 6) is -0.369. The second-order valence-electron chi connectivity index (χ2n) is 2.06. The lowest BCUT2D eigenvalue weighted by Gasteiger charge is -1.93. The summed E-state index contributed by atoms with van der Waals surface area (Å²) in [7, 11) is 0. The average Bonchev–Trinajstić information content (AvgIpc) is 2.47. The van der Waals surface area contributed by atoms with Crippen LogP contribution in [0.15, 0.2) is 0 Å². The molecule has 0 N–H and O–H groups in total. The quantitative estimate of drug-likeness (QED) is 0.575. The molecule has 0 unspecified atom stereocenters. The number of nitrogens with zero attached hydrogens (tertiary/aromatic N) is 3. The van der Waals surface area contributed by atoms with Crippen LogP contribution in [0.5, 0.6) is 0 Å². The fraction of sp³-hybridized carbons (Fsp3) is 0.600. The molecule has 0 saturated heterocycles. The number of halogens is 5. The van der Waals surface area contributed by atoms with Gasteiger partial charge in [0.15, 0.2) is 5.69 Å².